The van der Waals surface area contributed by atoms with Crippen LogP contribution in [0.4, 0.5) is 0 Å². The lowest BCUT2D eigenvalue weighted by Gasteiger charge is -2.20. The Kier molecular flexibility index (Phi) is 7.32. The zero-order chi connectivity index (χ0) is 13.4. The fraction of sp³-hybridized carbons (Fsp3) is 0.769. The lowest BCUT2D eigenvalue weighted by Crippen LogP contribution is -2.29. The summed E-state index contributed by atoms with van der Waals surface area (Å²) in [6.07, 6.45) is 3.82. The standard InChI is InChI=1S/C13H24ClN3O/c1-4-7-15-12(10-18-8-5-2)13-11(14)9-16-17(13)6-3/h9,12,15H,4-8,10H2,1-3H3. The van der Waals surface area contributed by atoms with E-state index >= 15 is 0 Å². The summed E-state index contributed by atoms with van der Waals surface area (Å²) in [6.45, 7) is 9.51. The van der Waals surface area contributed by atoms with Crippen LogP contribution in [0.2, 0.25) is 5.02 Å². The van der Waals surface area contributed by atoms with E-state index in [4.69, 9.17) is 16.3 Å². The first-order valence-electron chi connectivity index (χ1n) is 6.76. The first-order chi connectivity index (χ1) is 8.74. The van der Waals surface area contributed by atoms with E-state index in [-0.39, 0.29) is 6.04 Å². The molecule has 0 aliphatic heterocycles. The van der Waals surface area contributed by atoms with Gasteiger partial charge in [-0.15, -0.1) is 0 Å². The van der Waals surface area contributed by atoms with Crippen LogP contribution in [-0.2, 0) is 11.3 Å². The Morgan fingerprint density at radius 2 is 2.17 bits per heavy atom. The summed E-state index contributed by atoms with van der Waals surface area (Å²) in [5.74, 6) is 0. The average molecular weight is 274 g/mol. The van der Waals surface area contributed by atoms with Gasteiger partial charge in [-0.1, -0.05) is 25.4 Å². The molecule has 1 aromatic heterocycles. The van der Waals surface area contributed by atoms with E-state index in [1.807, 2.05) is 4.68 Å². The molecule has 0 aliphatic carbocycles. The van der Waals surface area contributed by atoms with Gasteiger partial charge in [0.1, 0.15) is 0 Å². The van der Waals surface area contributed by atoms with Crippen LogP contribution in [0.25, 0.3) is 0 Å². The Balaban J connectivity index is 2.75. The molecule has 0 aromatic carbocycles. The van der Waals surface area contributed by atoms with Crippen molar-refractivity contribution in [3.8, 4) is 0 Å². The largest absolute Gasteiger partial charge is 0.379 e. The molecule has 0 radical (unpaired) electrons. The highest BCUT2D eigenvalue weighted by atomic mass is 35.5. The number of nitrogens with one attached hydrogen (secondary N) is 1. The van der Waals surface area contributed by atoms with E-state index in [0.29, 0.717) is 11.6 Å². The van der Waals surface area contributed by atoms with Gasteiger partial charge in [0.05, 0.1) is 29.6 Å². The molecule has 0 amide bonds. The fourth-order valence-corrected chi connectivity index (χ4v) is 2.14. The maximum absolute atomic E-state index is 6.23. The lowest BCUT2D eigenvalue weighted by atomic mass is 10.2. The Morgan fingerprint density at radius 1 is 1.39 bits per heavy atom. The first kappa shape index (κ1) is 15.5. The molecule has 0 aliphatic rings. The van der Waals surface area contributed by atoms with E-state index in [2.05, 4.69) is 31.2 Å². The second-order valence-electron chi connectivity index (χ2n) is 4.28. The average Bonchev–Trinajstić information content (AvgIpc) is 2.75. The maximum atomic E-state index is 6.23. The van der Waals surface area contributed by atoms with Gasteiger partial charge in [-0.3, -0.25) is 4.68 Å². The van der Waals surface area contributed by atoms with Crippen LogP contribution in [-0.4, -0.2) is 29.5 Å². The minimum absolute atomic E-state index is 0.117. The van der Waals surface area contributed by atoms with Gasteiger partial charge in [0, 0.05) is 13.2 Å². The van der Waals surface area contributed by atoms with Crippen molar-refractivity contribution in [3.63, 3.8) is 0 Å². The normalized spacial score (nSPS) is 12.9. The van der Waals surface area contributed by atoms with Crippen molar-refractivity contribution >= 4 is 11.6 Å². The van der Waals surface area contributed by atoms with E-state index in [1.165, 1.54) is 0 Å². The SMILES string of the molecule is CCCNC(COCCC)c1c(Cl)cnn1CC. The van der Waals surface area contributed by atoms with Gasteiger partial charge in [0.25, 0.3) is 0 Å². The van der Waals surface area contributed by atoms with Crippen molar-refractivity contribution in [2.45, 2.75) is 46.2 Å². The molecule has 1 heterocycles. The zero-order valence-corrected chi connectivity index (χ0v) is 12.3. The van der Waals surface area contributed by atoms with E-state index in [9.17, 15) is 0 Å². The third kappa shape index (κ3) is 4.26. The van der Waals surface area contributed by atoms with Gasteiger partial charge >= 0.3 is 0 Å². The molecule has 0 bridgehead atoms. The van der Waals surface area contributed by atoms with Crippen molar-refractivity contribution in [1.82, 2.24) is 15.1 Å². The zero-order valence-electron chi connectivity index (χ0n) is 11.6. The Labute approximate surface area is 115 Å². The number of rotatable bonds is 9. The number of aryl methyl sites for hydroxylation is 1. The summed E-state index contributed by atoms with van der Waals surface area (Å²) >= 11 is 6.23. The third-order valence-electron chi connectivity index (χ3n) is 2.74. The highest BCUT2D eigenvalue weighted by Crippen LogP contribution is 2.23. The highest BCUT2D eigenvalue weighted by Gasteiger charge is 2.19. The van der Waals surface area contributed by atoms with Crippen molar-refractivity contribution in [2.24, 2.45) is 0 Å². The summed E-state index contributed by atoms with van der Waals surface area (Å²) < 4.78 is 7.59. The maximum Gasteiger partial charge on any atom is 0.0835 e. The number of ether oxygens (including phenoxy) is 1. The van der Waals surface area contributed by atoms with Gasteiger partial charge in [-0.05, 0) is 26.3 Å². The molecule has 0 saturated heterocycles. The van der Waals surface area contributed by atoms with Crippen molar-refractivity contribution in [1.29, 1.82) is 0 Å². The Bertz CT molecular complexity index is 341. The smallest absolute Gasteiger partial charge is 0.0835 e. The first-order valence-corrected chi connectivity index (χ1v) is 7.14. The van der Waals surface area contributed by atoms with Gasteiger partial charge in [-0.2, -0.15) is 5.10 Å². The number of halogens is 1. The van der Waals surface area contributed by atoms with E-state index < -0.39 is 0 Å². The second kappa shape index (κ2) is 8.51. The molecule has 1 aromatic rings. The van der Waals surface area contributed by atoms with Gasteiger partial charge in [0.2, 0.25) is 0 Å². The predicted molar refractivity (Wildman–Crippen MR) is 75.1 cm³/mol. The molecule has 0 fully saturated rings. The molecule has 1 atom stereocenters. The summed E-state index contributed by atoms with van der Waals surface area (Å²) in [4.78, 5) is 0. The second-order valence-corrected chi connectivity index (χ2v) is 4.68. The van der Waals surface area contributed by atoms with Crippen LogP contribution >= 0.6 is 11.6 Å². The van der Waals surface area contributed by atoms with Crippen molar-refractivity contribution in [2.75, 3.05) is 19.8 Å². The van der Waals surface area contributed by atoms with Crippen LogP contribution in [0.15, 0.2) is 6.20 Å². The van der Waals surface area contributed by atoms with Gasteiger partial charge < -0.3 is 10.1 Å². The summed E-state index contributed by atoms with van der Waals surface area (Å²) in [5.41, 5.74) is 1.03. The van der Waals surface area contributed by atoms with Gasteiger partial charge in [0.15, 0.2) is 0 Å². The molecule has 104 valence electrons. The fourth-order valence-electron chi connectivity index (χ4n) is 1.87. The van der Waals surface area contributed by atoms with E-state index in [1.54, 1.807) is 6.20 Å². The Hall–Kier alpha value is -0.580. The molecule has 18 heavy (non-hydrogen) atoms. The Morgan fingerprint density at radius 3 is 2.78 bits per heavy atom. The highest BCUT2D eigenvalue weighted by molar-refractivity contribution is 6.31. The summed E-state index contributed by atoms with van der Waals surface area (Å²) in [5, 5.41) is 8.47. The molecular formula is C13H24ClN3O. The van der Waals surface area contributed by atoms with E-state index in [0.717, 1.165) is 38.2 Å². The molecule has 4 nitrogen and oxygen atoms in total. The molecule has 0 spiro atoms. The predicted octanol–water partition coefficient (Wildman–Crippen LogP) is 3.02. The number of nitrogens with zero attached hydrogens (tertiary/aromatic N) is 2. The molecule has 1 rings (SSSR count). The van der Waals surface area contributed by atoms with Crippen LogP contribution in [0.5, 0.6) is 0 Å². The summed E-state index contributed by atoms with van der Waals surface area (Å²) in [7, 11) is 0. The minimum Gasteiger partial charge on any atom is -0.379 e. The van der Waals surface area contributed by atoms with Crippen LogP contribution < -0.4 is 5.32 Å². The molecular weight excluding hydrogens is 250 g/mol. The van der Waals surface area contributed by atoms with Crippen LogP contribution in [0.3, 0.4) is 0 Å². The lowest BCUT2D eigenvalue weighted by molar-refractivity contribution is 0.109. The quantitative estimate of drug-likeness (QED) is 0.703. The molecule has 1 unspecified atom stereocenters. The van der Waals surface area contributed by atoms with Crippen LogP contribution in [0.1, 0.15) is 45.3 Å². The van der Waals surface area contributed by atoms with Crippen molar-refractivity contribution < 1.29 is 4.74 Å². The number of hydrogen-bond acceptors (Lipinski definition) is 3. The molecule has 1 N–H and O–H groups in total. The third-order valence-corrected chi connectivity index (χ3v) is 3.03. The summed E-state index contributed by atoms with van der Waals surface area (Å²) in [6, 6.07) is 0.117. The minimum atomic E-state index is 0.117. The molecule has 0 saturated carbocycles. The van der Waals surface area contributed by atoms with Gasteiger partial charge in [-0.25, -0.2) is 0 Å². The van der Waals surface area contributed by atoms with Crippen molar-refractivity contribution in [3.05, 3.63) is 16.9 Å². The monoisotopic (exact) mass is 273 g/mol. The number of hydrogen-bond donors (Lipinski definition) is 1. The number of aromatic nitrogens is 2. The molecule has 5 heteroatoms. The topological polar surface area (TPSA) is 39.1 Å². The van der Waals surface area contributed by atoms with Crippen LogP contribution in [0, 0.1) is 0 Å².